The van der Waals surface area contributed by atoms with Crippen LogP contribution >= 0.6 is 0 Å². The number of nitrogens with one attached hydrogen (secondary N) is 1. The lowest BCUT2D eigenvalue weighted by molar-refractivity contribution is -0.148. The molecule has 3 atom stereocenters. The smallest absolute Gasteiger partial charge is 0.328 e. The van der Waals surface area contributed by atoms with Gasteiger partial charge in [-0.05, 0) is 37.5 Å². The van der Waals surface area contributed by atoms with Gasteiger partial charge in [-0.1, -0.05) is 27.7 Å². The molecule has 0 saturated carbocycles. The Labute approximate surface area is 150 Å². The van der Waals surface area contributed by atoms with Gasteiger partial charge >= 0.3 is 5.97 Å². The molecule has 1 saturated heterocycles. The van der Waals surface area contributed by atoms with Crippen LogP contribution in [0, 0.1) is 11.8 Å². The first-order valence-corrected chi connectivity index (χ1v) is 9.13. The highest BCUT2D eigenvalue weighted by molar-refractivity contribution is 5.92. The van der Waals surface area contributed by atoms with E-state index in [4.69, 9.17) is 10.5 Å². The number of amides is 2. The van der Waals surface area contributed by atoms with Crippen molar-refractivity contribution < 1.29 is 19.1 Å². The Morgan fingerprint density at radius 2 is 1.84 bits per heavy atom. The van der Waals surface area contributed by atoms with Gasteiger partial charge in [0, 0.05) is 6.54 Å². The van der Waals surface area contributed by atoms with Crippen molar-refractivity contribution in [3.05, 3.63) is 0 Å². The van der Waals surface area contributed by atoms with Gasteiger partial charge in [0.15, 0.2) is 0 Å². The molecule has 25 heavy (non-hydrogen) atoms. The van der Waals surface area contributed by atoms with Crippen LogP contribution in [0.4, 0.5) is 0 Å². The number of carbonyl (C=O) groups is 3. The Kier molecular flexibility index (Phi) is 8.35. The lowest BCUT2D eigenvalue weighted by atomic mass is 9.96. The zero-order chi connectivity index (χ0) is 19.1. The van der Waals surface area contributed by atoms with Crippen molar-refractivity contribution in [2.45, 2.75) is 71.5 Å². The molecule has 0 radical (unpaired) electrons. The van der Waals surface area contributed by atoms with E-state index < -0.39 is 24.1 Å². The standard InChI is InChI=1S/C18H33N3O4/c1-11(2)10-13(18(24)25-5)20-16(22)14-8-6-7-9-21(14)17(23)15(19)12(3)4/h11-15H,6-10,19H2,1-5H3,(H,20,22)/t13-,14-,15-/m0/s1. The van der Waals surface area contributed by atoms with E-state index in [2.05, 4.69) is 5.32 Å². The Hall–Kier alpha value is -1.63. The molecule has 0 aromatic rings. The average Bonchev–Trinajstić information content (AvgIpc) is 2.58. The number of likely N-dealkylation sites (tertiary alicyclic amines) is 1. The van der Waals surface area contributed by atoms with Gasteiger partial charge in [-0.3, -0.25) is 9.59 Å². The van der Waals surface area contributed by atoms with Crippen LogP contribution in [-0.2, 0) is 19.1 Å². The Bertz CT molecular complexity index is 479. The van der Waals surface area contributed by atoms with Gasteiger partial charge in [0.1, 0.15) is 12.1 Å². The van der Waals surface area contributed by atoms with E-state index in [0.717, 1.165) is 12.8 Å². The van der Waals surface area contributed by atoms with Gasteiger partial charge in [-0.15, -0.1) is 0 Å². The molecule has 0 bridgehead atoms. The molecule has 0 aromatic carbocycles. The number of hydrogen-bond acceptors (Lipinski definition) is 5. The van der Waals surface area contributed by atoms with Gasteiger partial charge in [-0.2, -0.15) is 0 Å². The van der Waals surface area contributed by atoms with E-state index in [-0.39, 0.29) is 23.7 Å². The first-order chi connectivity index (χ1) is 11.7. The number of methoxy groups -OCH3 is 1. The number of nitrogens with two attached hydrogens (primary N) is 1. The minimum Gasteiger partial charge on any atom is -0.467 e. The van der Waals surface area contributed by atoms with Crippen LogP contribution in [0.25, 0.3) is 0 Å². The third kappa shape index (κ3) is 5.99. The highest BCUT2D eigenvalue weighted by Gasteiger charge is 2.36. The number of rotatable bonds is 7. The van der Waals surface area contributed by atoms with Crippen LogP contribution in [0.15, 0.2) is 0 Å². The molecule has 0 unspecified atom stereocenters. The maximum absolute atomic E-state index is 12.8. The summed E-state index contributed by atoms with van der Waals surface area (Å²) in [6.07, 6.45) is 2.79. The van der Waals surface area contributed by atoms with Crippen LogP contribution in [-0.4, -0.2) is 54.5 Å². The SMILES string of the molecule is COC(=O)[C@H](CC(C)C)NC(=O)[C@@H]1CCCCN1C(=O)[C@@H](N)C(C)C. The van der Waals surface area contributed by atoms with Gasteiger partial charge in [0.2, 0.25) is 11.8 Å². The van der Waals surface area contributed by atoms with Crippen molar-refractivity contribution in [3.63, 3.8) is 0 Å². The zero-order valence-electron chi connectivity index (χ0n) is 16.1. The molecule has 1 fully saturated rings. The summed E-state index contributed by atoms with van der Waals surface area (Å²) in [5.74, 6) is -0.743. The predicted molar refractivity (Wildman–Crippen MR) is 95.6 cm³/mol. The Balaban J connectivity index is 2.87. The molecule has 7 heteroatoms. The molecule has 0 aliphatic carbocycles. The van der Waals surface area contributed by atoms with Crippen molar-refractivity contribution in [2.24, 2.45) is 17.6 Å². The molecule has 1 aliphatic heterocycles. The molecule has 1 rings (SSSR count). The van der Waals surface area contributed by atoms with Crippen molar-refractivity contribution in [1.82, 2.24) is 10.2 Å². The topological polar surface area (TPSA) is 102 Å². The van der Waals surface area contributed by atoms with Crippen LogP contribution in [0.3, 0.4) is 0 Å². The summed E-state index contributed by atoms with van der Waals surface area (Å²) < 4.78 is 4.79. The van der Waals surface area contributed by atoms with E-state index in [1.807, 2.05) is 27.7 Å². The van der Waals surface area contributed by atoms with Gasteiger partial charge in [0.05, 0.1) is 13.2 Å². The minimum atomic E-state index is -0.699. The van der Waals surface area contributed by atoms with Crippen LogP contribution in [0.5, 0.6) is 0 Å². The third-order valence-electron chi connectivity index (χ3n) is 4.60. The molecule has 144 valence electrons. The number of piperidine rings is 1. The maximum atomic E-state index is 12.8. The molecule has 2 amide bonds. The number of ether oxygens (including phenoxy) is 1. The molecule has 0 spiro atoms. The lowest BCUT2D eigenvalue weighted by Crippen LogP contribution is -2.58. The molecule has 1 aliphatic rings. The van der Waals surface area contributed by atoms with Crippen molar-refractivity contribution in [1.29, 1.82) is 0 Å². The van der Waals surface area contributed by atoms with Crippen LogP contribution < -0.4 is 11.1 Å². The second-order valence-electron chi connectivity index (χ2n) is 7.53. The lowest BCUT2D eigenvalue weighted by Gasteiger charge is -2.37. The van der Waals surface area contributed by atoms with Crippen molar-refractivity contribution in [2.75, 3.05) is 13.7 Å². The van der Waals surface area contributed by atoms with Crippen molar-refractivity contribution >= 4 is 17.8 Å². The number of hydrogen-bond donors (Lipinski definition) is 2. The molecule has 1 heterocycles. The quantitative estimate of drug-likeness (QED) is 0.665. The Morgan fingerprint density at radius 1 is 1.20 bits per heavy atom. The molecule has 3 N–H and O–H groups in total. The van der Waals surface area contributed by atoms with Gasteiger partial charge < -0.3 is 20.7 Å². The second-order valence-corrected chi connectivity index (χ2v) is 7.53. The number of carbonyl (C=O) groups excluding carboxylic acids is 3. The molecular formula is C18H33N3O4. The van der Waals surface area contributed by atoms with Crippen molar-refractivity contribution in [3.8, 4) is 0 Å². The first-order valence-electron chi connectivity index (χ1n) is 9.13. The minimum absolute atomic E-state index is 0.00176. The summed E-state index contributed by atoms with van der Waals surface area (Å²) in [6, 6.07) is -1.90. The van der Waals surface area contributed by atoms with E-state index in [9.17, 15) is 14.4 Å². The highest BCUT2D eigenvalue weighted by atomic mass is 16.5. The number of nitrogens with zero attached hydrogens (tertiary/aromatic N) is 1. The first kappa shape index (κ1) is 21.4. The second kappa shape index (κ2) is 9.75. The van der Waals surface area contributed by atoms with Gasteiger partial charge in [-0.25, -0.2) is 4.79 Å². The summed E-state index contributed by atoms with van der Waals surface area (Å²) in [5.41, 5.74) is 5.99. The number of esters is 1. The van der Waals surface area contributed by atoms with Crippen LogP contribution in [0.1, 0.15) is 53.4 Å². The van der Waals surface area contributed by atoms with E-state index in [1.165, 1.54) is 7.11 Å². The summed E-state index contributed by atoms with van der Waals surface area (Å²) in [5, 5.41) is 2.77. The largest absolute Gasteiger partial charge is 0.467 e. The summed E-state index contributed by atoms with van der Waals surface area (Å²) in [6.45, 7) is 8.24. The third-order valence-corrected chi connectivity index (χ3v) is 4.60. The van der Waals surface area contributed by atoms with E-state index in [0.29, 0.717) is 19.4 Å². The van der Waals surface area contributed by atoms with Crippen LogP contribution in [0.2, 0.25) is 0 Å². The van der Waals surface area contributed by atoms with E-state index >= 15 is 0 Å². The summed E-state index contributed by atoms with van der Waals surface area (Å²) >= 11 is 0. The summed E-state index contributed by atoms with van der Waals surface area (Å²) in [7, 11) is 1.31. The molecule has 7 nitrogen and oxygen atoms in total. The summed E-state index contributed by atoms with van der Waals surface area (Å²) in [4.78, 5) is 38.9. The monoisotopic (exact) mass is 355 g/mol. The van der Waals surface area contributed by atoms with E-state index in [1.54, 1.807) is 4.90 Å². The highest BCUT2D eigenvalue weighted by Crippen LogP contribution is 2.20. The normalized spacial score (nSPS) is 20.3. The Morgan fingerprint density at radius 3 is 2.36 bits per heavy atom. The average molecular weight is 355 g/mol. The predicted octanol–water partition coefficient (Wildman–Crippen LogP) is 1.05. The molecular weight excluding hydrogens is 322 g/mol. The fourth-order valence-corrected chi connectivity index (χ4v) is 3.04. The zero-order valence-corrected chi connectivity index (χ0v) is 16.1. The van der Waals surface area contributed by atoms with Gasteiger partial charge in [0.25, 0.3) is 0 Å². The fourth-order valence-electron chi connectivity index (χ4n) is 3.04. The maximum Gasteiger partial charge on any atom is 0.328 e. The fraction of sp³-hybridized carbons (Fsp3) is 0.833. The molecule has 0 aromatic heterocycles.